The molecule has 0 atom stereocenters. The Kier molecular flexibility index (Phi) is 5.60. The highest BCUT2D eigenvalue weighted by Gasteiger charge is 2.22. The van der Waals surface area contributed by atoms with Crippen LogP contribution in [0.3, 0.4) is 0 Å². The molecule has 0 radical (unpaired) electrons. The van der Waals surface area contributed by atoms with E-state index in [0.717, 1.165) is 60.8 Å². The number of aryl methyl sites for hydroxylation is 1. The van der Waals surface area contributed by atoms with E-state index in [1.54, 1.807) is 0 Å². The van der Waals surface area contributed by atoms with Crippen LogP contribution < -0.4 is 0 Å². The Hall–Kier alpha value is -2.43. The Labute approximate surface area is 170 Å². The van der Waals surface area contributed by atoms with Gasteiger partial charge in [0.1, 0.15) is 0 Å². The average molecular weight is 394 g/mol. The number of nitrogens with zero attached hydrogens (tertiary/aromatic N) is 3. The molecule has 0 bridgehead atoms. The first kappa shape index (κ1) is 18.9. The minimum Gasteiger partial charge on any atom is -0.337 e. The lowest BCUT2D eigenvalue weighted by Crippen LogP contribution is -2.35. The minimum absolute atomic E-state index is 0.0871. The van der Waals surface area contributed by atoms with E-state index in [2.05, 4.69) is 22.0 Å². The summed E-state index contributed by atoms with van der Waals surface area (Å²) >= 11 is 5.98. The third-order valence-corrected chi connectivity index (χ3v) is 5.59. The van der Waals surface area contributed by atoms with Gasteiger partial charge < -0.3 is 4.90 Å². The van der Waals surface area contributed by atoms with Crippen molar-refractivity contribution < 1.29 is 4.79 Å². The highest BCUT2D eigenvalue weighted by molar-refractivity contribution is 6.30. The molecule has 5 heteroatoms. The van der Waals surface area contributed by atoms with Gasteiger partial charge in [0.2, 0.25) is 0 Å². The number of carbonyl (C=O) groups is 1. The molecule has 2 heterocycles. The summed E-state index contributed by atoms with van der Waals surface area (Å²) in [5.41, 5.74) is 3.69. The highest BCUT2D eigenvalue weighted by Crippen LogP contribution is 2.19. The van der Waals surface area contributed by atoms with E-state index < -0.39 is 0 Å². The maximum absolute atomic E-state index is 13.2. The quantitative estimate of drug-likeness (QED) is 0.655. The van der Waals surface area contributed by atoms with E-state index in [4.69, 9.17) is 11.6 Å². The summed E-state index contributed by atoms with van der Waals surface area (Å²) in [5, 5.41) is 1.77. The number of benzene rings is 2. The van der Waals surface area contributed by atoms with Gasteiger partial charge >= 0.3 is 0 Å². The molecule has 0 unspecified atom stereocenters. The van der Waals surface area contributed by atoms with Gasteiger partial charge in [-0.15, -0.1) is 0 Å². The van der Waals surface area contributed by atoms with Crippen LogP contribution in [0.5, 0.6) is 0 Å². The minimum atomic E-state index is 0.0871. The van der Waals surface area contributed by atoms with E-state index in [9.17, 15) is 4.79 Å². The van der Waals surface area contributed by atoms with Gasteiger partial charge in [-0.3, -0.25) is 14.7 Å². The number of aromatic nitrogens is 1. The Morgan fingerprint density at radius 3 is 2.64 bits per heavy atom. The predicted molar refractivity (Wildman–Crippen MR) is 114 cm³/mol. The number of hydrogen-bond donors (Lipinski definition) is 0. The number of para-hydroxylation sites is 1. The number of fused-ring (bicyclic) bond motifs is 1. The standard InChI is InChI=1S/C23H24ClN3O/c1-17-21(15-19-5-2-3-6-22(19)25-17)23(28)27-12-4-11-26(13-14-27)16-18-7-9-20(24)10-8-18/h2-3,5-10,15H,4,11-14,16H2,1H3. The molecule has 2 aromatic carbocycles. The van der Waals surface area contributed by atoms with Crippen LogP contribution in [0.1, 0.15) is 28.0 Å². The second kappa shape index (κ2) is 8.29. The molecule has 28 heavy (non-hydrogen) atoms. The highest BCUT2D eigenvalue weighted by atomic mass is 35.5. The first-order chi connectivity index (χ1) is 13.6. The van der Waals surface area contributed by atoms with Gasteiger partial charge in [0, 0.05) is 43.1 Å². The van der Waals surface area contributed by atoms with Crippen LogP contribution in [-0.2, 0) is 6.54 Å². The smallest absolute Gasteiger partial charge is 0.255 e. The number of amides is 1. The van der Waals surface area contributed by atoms with Crippen LogP contribution >= 0.6 is 11.6 Å². The van der Waals surface area contributed by atoms with Gasteiger partial charge in [-0.1, -0.05) is 41.9 Å². The fraction of sp³-hybridized carbons (Fsp3) is 0.304. The lowest BCUT2D eigenvalue weighted by atomic mass is 10.1. The van der Waals surface area contributed by atoms with E-state index in [1.165, 1.54) is 5.56 Å². The van der Waals surface area contributed by atoms with Crippen molar-refractivity contribution in [2.75, 3.05) is 26.2 Å². The third kappa shape index (κ3) is 4.18. The molecule has 1 saturated heterocycles. The SMILES string of the molecule is Cc1nc2ccccc2cc1C(=O)N1CCCN(Cc2ccc(Cl)cc2)CC1. The number of rotatable bonds is 3. The Bertz CT molecular complexity index is 987. The molecule has 1 amide bonds. The molecule has 1 aliphatic heterocycles. The molecular formula is C23H24ClN3O. The maximum atomic E-state index is 13.2. The molecule has 3 aromatic rings. The van der Waals surface area contributed by atoms with E-state index in [-0.39, 0.29) is 5.91 Å². The van der Waals surface area contributed by atoms with Crippen molar-refractivity contribution in [3.05, 3.63) is 76.4 Å². The Morgan fingerprint density at radius 1 is 1.04 bits per heavy atom. The summed E-state index contributed by atoms with van der Waals surface area (Å²) in [6.45, 7) is 6.18. The summed E-state index contributed by atoms with van der Waals surface area (Å²) in [6.07, 6.45) is 0.972. The molecule has 1 aromatic heterocycles. The number of carbonyl (C=O) groups excluding carboxylic acids is 1. The molecule has 4 rings (SSSR count). The van der Waals surface area contributed by atoms with Crippen molar-refractivity contribution in [1.29, 1.82) is 0 Å². The van der Waals surface area contributed by atoms with Crippen molar-refractivity contribution >= 4 is 28.4 Å². The van der Waals surface area contributed by atoms with Crippen molar-refractivity contribution in [3.63, 3.8) is 0 Å². The third-order valence-electron chi connectivity index (χ3n) is 5.34. The molecular weight excluding hydrogens is 370 g/mol. The second-order valence-corrected chi connectivity index (χ2v) is 7.80. The van der Waals surface area contributed by atoms with E-state index >= 15 is 0 Å². The molecule has 0 saturated carbocycles. The van der Waals surface area contributed by atoms with Gasteiger partial charge in [-0.2, -0.15) is 0 Å². The zero-order valence-corrected chi connectivity index (χ0v) is 16.8. The molecule has 1 fully saturated rings. The van der Waals surface area contributed by atoms with Crippen molar-refractivity contribution in [1.82, 2.24) is 14.8 Å². The van der Waals surface area contributed by atoms with Gasteiger partial charge in [0.15, 0.2) is 0 Å². The fourth-order valence-corrected chi connectivity index (χ4v) is 3.91. The van der Waals surface area contributed by atoms with Crippen LogP contribution in [0.4, 0.5) is 0 Å². The van der Waals surface area contributed by atoms with Crippen LogP contribution in [0.15, 0.2) is 54.6 Å². The summed E-state index contributed by atoms with van der Waals surface area (Å²) < 4.78 is 0. The molecule has 0 N–H and O–H groups in total. The van der Waals surface area contributed by atoms with Gasteiger partial charge in [0.05, 0.1) is 16.8 Å². The summed E-state index contributed by atoms with van der Waals surface area (Å²) in [7, 11) is 0. The number of halogens is 1. The average Bonchev–Trinajstić information content (AvgIpc) is 2.94. The molecule has 1 aliphatic rings. The predicted octanol–water partition coefficient (Wildman–Crippen LogP) is 4.54. The summed E-state index contributed by atoms with van der Waals surface area (Å²) in [6, 6.07) is 17.9. The second-order valence-electron chi connectivity index (χ2n) is 7.36. The van der Waals surface area contributed by atoms with Crippen molar-refractivity contribution in [2.45, 2.75) is 19.9 Å². The van der Waals surface area contributed by atoms with Crippen LogP contribution in [0.25, 0.3) is 10.9 Å². The number of hydrogen-bond acceptors (Lipinski definition) is 3. The van der Waals surface area contributed by atoms with Crippen molar-refractivity contribution in [3.8, 4) is 0 Å². The first-order valence-corrected chi connectivity index (χ1v) is 10.1. The van der Waals surface area contributed by atoms with Crippen molar-refractivity contribution in [2.24, 2.45) is 0 Å². The molecule has 0 aliphatic carbocycles. The number of pyridine rings is 1. The lowest BCUT2D eigenvalue weighted by Gasteiger charge is -2.23. The topological polar surface area (TPSA) is 36.4 Å². The van der Waals surface area contributed by atoms with Crippen LogP contribution in [-0.4, -0.2) is 46.9 Å². The summed E-state index contributed by atoms with van der Waals surface area (Å²) in [5.74, 6) is 0.0871. The zero-order chi connectivity index (χ0) is 19.5. The summed E-state index contributed by atoms with van der Waals surface area (Å²) in [4.78, 5) is 22.2. The first-order valence-electron chi connectivity index (χ1n) is 9.72. The molecule has 0 spiro atoms. The molecule has 4 nitrogen and oxygen atoms in total. The largest absolute Gasteiger partial charge is 0.337 e. The Morgan fingerprint density at radius 2 is 1.82 bits per heavy atom. The van der Waals surface area contributed by atoms with Crippen LogP contribution in [0.2, 0.25) is 5.02 Å². The zero-order valence-electron chi connectivity index (χ0n) is 16.1. The van der Waals surface area contributed by atoms with E-state index in [0.29, 0.717) is 5.56 Å². The Balaban J connectivity index is 1.46. The molecule has 144 valence electrons. The van der Waals surface area contributed by atoms with Gasteiger partial charge in [-0.05, 0) is 43.2 Å². The van der Waals surface area contributed by atoms with E-state index in [1.807, 2.05) is 54.3 Å². The normalized spacial score (nSPS) is 15.6. The van der Waals surface area contributed by atoms with Crippen LogP contribution in [0, 0.1) is 6.92 Å². The fourth-order valence-electron chi connectivity index (χ4n) is 3.78. The lowest BCUT2D eigenvalue weighted by molar-refractivity contribution is 0.0760. The van der Waals surface area contributed by atoms with Gasteiger partial charge in [0.25, 0.3) is 5.91 Å². The monoisotopic (exact) mass is 393 g/mol. The maximum Gasteiger partial charge on any atom is 0.255 e. The van der Waals surface area contributed by atoms with Gasteiger partial charge in [-0.25, -0.2) is 0 Å².